The van der Waals surface area contributed by atoms with Crippen molar-refractivity contribution in [2.75, 3.05) is 5.32 Å². The lowest BCUT2D eigenvalue weighted by atomic mass is 9.72. The lowest BCUT2D eigenvalue weighted by Gasteiger charge is -2.34. The molecular formula is C23H20N2O3. The van der Waals surface area contributed by atoms with Crippen molar-refractivity contribution in [1.29, 1.82) is 0 Å². The zero-order chi connectivity index (χ0) is 19.3. The van der Waals surface area contributed by atoms with E-state index in [-0.39, 0.29) is 23.4 Å². The van der Waals surface area contributed by atoms with Gasteiger partial charge in [0, 0.05) is 23.6 Å². The highest BCUT2D eigenvalue weighted by molar-refractivity contribution is 6.01. The average molecular weight is 372 g/mol. The average Bonchev–Trinajstić information content (AvgIpc) is 3.08. The number of carbonyl (C=O) groups is 1. The highest BCUT2D eigenvalue weighted by atomic mass is 16.5. The highest BCUT2D eigenvalue weighted by Crippen LogP contribution is 2.48. The molecule has 0 saturated carbocycles. The number of phenolic OH excluding ortho intramolecular Hbond substituents is 1. The Morgan fingerprint density at radius 2 is 1.79 bits per heavy atom. The molecule has 1 aromatic heterocycles. The summed E-state index contributed by atoms with van der Waals surface area (Å²) in [6.45, 7) is 1.91. The lowest BCUT2D eigenvalue weighted by molar-refractivity contribution is -0.116. The van der Waals surface area contributed by atoms with Crippen molar-refractivity contribution >= 4 is 11.7 Å². The van der Waals surface area contributed by atoms with Crippen LogP contribution in [0.3, 0.4) is 0 Å². The predicted molar refractivity (Wildman–Crippen MR) is 105 cm³/mol. The molecule has 0 unspecified atom stereocenters. The molecule has 5 heteroatoms. The first-order valence-corrected chi connectivity index (χ1v) is 9.45. The van der Waals surface area contributed by atoms with Crippen molar-refractivity contribution in [2.45, 2.75) is 31.6 Å². The number of nitrogens with zero attached hydrogens (tertiary/aromatic N) is 1. The van der Waals surface area contributed by atoms with Crippen LogP contribution in [0, 0.1) is 6.92 Å². The summed E-state index contributed by atoms with van der Waals surface area (Å²) in [5, 5.41) is 17.0. The summed E-state index contributed by atoms with van der Waals surface area (Å²) < 4.78 is 5.54. The van der Waals surface area contributed by atoms with Crippen molar-refractivity contribution < 1.29 is 14.4 Å². The molecule has 5 nitrogen and oxygen atoms in total. The number of anilines is 1. The second kappa shape index (κ2) is 6.37. The number of rotatable bonds is 2. The molecule has 0 fully saturated rings. The number of nitrogens with one attached hydrogen (secondary N) is 1. The van der Waals surface area contributed by atoms with E-state index in [0.717, 1.165) is 33.7 Å². The highest BCUT2D eigenvalue weighted by Gasteiger charge is 2.40. The van der Waals surface area contributed by atoms with Gasteiger partial charge in [0.15, 0.2) is 5.78 Å². The second-order valence-electron chi connectivity index (χ2n) is 7.49. The van der Waals surface area contributed by atoms with Crippen LogP contribution in [0.5, 0.6) is 5.75 Å². The predicted octanol–water partition coefficient (Wildman–Crippen LogP) is 4.65. The van der Waals surface area contributed by atoms with Gasteiger partial charge in [-0.2, -0.15) is 0 Å². The molecule has 0 saturated heterocycles. The van der Waals surface area contributed by atoms with Crippen LogP contribution >= 0.6 is 0 Å². The van der Waals surface area contributed by atoms with Crippen molar-refractivity contribution in [3.63, 3.8) is 0 Å². The summed E-state index contributed by atoms with van der Waals surface area (Å²) in [5.41, 5.74) is 5.60. The minimum absolute atomic E-state index is 0.0707. The van der Waals surface area contributed by atoms with Crippen LogP contribution in [0.2, 0.25) is 0 Å². The van der Waals surface area contributed by atoms with Crippen LogP contribution in [0.25, 0.3) is 0 Å². The number of fused-ring (bicyclic) bond motifs is 1. The molecule has 2 aliphatic rings. The van der Waals surface area contributed by atoms with Crippen LogP contribution in [0.4, 0.5) is 5.88 Å². The summed E-state index contributed by atoms with van der Waals surface area (Å²) >= 11 is 0. The molecule has 0 radical (unpaired) electrons. The van der Waals surface area contributed by atoms with E-state index in [1.165, 1.54) is 0 Å². The van der Waals surface area contributed by atoms with E-state index in [4.69, 9.17) is 4.52 Å². The Kier molecular flexibility index (Phi) is 3.83. The molecule has 2 atom stereocenters. The quantitative estimate of drug-likeness (QED) is 0.685. The molecular weight excluding hydrogens is 352 g/mol. The number of phenols is 1. The number of aromatic nitrogens is 1. The number of hydrogen-bond donors (Lipinski definition) is 2. The number of Topliss-reactive ketones (excluding diaryl/α,β-unsaturated/α-hetero) is 1. The van der Waals surface area contributed by atoms with Crippen LogP contribution in [0.15, 0.2) is 70.4 Å². The molecule has 2 aromatic carbocycles. The number of aromatic hydroxyl groups is 1. The third-order valence-electron chi connectivity index (χ3n) is 5.76. The van der Waals surface area contributed by atoms with E-state index >= 15 is 0 Å². The SMILES string of the molecule is Cc1noc2c1[C@H](c1ccccc1)C1=C(C[C@@H](c3ccc(O)cc3)CC1=O)N2. The minimum Gasteiger partial charge on any atom is -0.508 e. The van der Waals surface area contributed by atoms with E-state index in [1.807, 2.05) is 37.3 Å². The van der Waals surface area contributed by atoms with E-state index in [0.29, 0.717) is 18.7 Å². The molecule has 28 heavy (non-hydrogen) atoms. The monoisotopic (exact) mass is 372 g/mol. The Morgan fingerprint density at radius 1 is 1.04 bits per heavy atom. The van der Waals surface area contributed by atoms with Crippen molar-refractivity contribution in [2.24, 2.45) is 0 Å². The Hall–Kier alpha value is -3.34. The molecule has 1 aliphatic heterocycles. The van der Waals surface area contributed by atoms with E-state index in [2.05, 4.69) is 22.6 Å². The summed E-state index contributed by atoms with van der Waals surface area (Å²) in [6.07, 6.45) is 1.17. The maximum Gasteiger partial charge on any atom is 0.233 e. The van der Waals surface area contributed by atoms with Gasteiger partial charge in [0.25, 0.3) is 0 Å². The van der Waals surface area contributed by atoms with Gasteiger partial charge in [0.1, 0.15) is 5.75 Å². The number of carbonyl (C=O) groups excluding carboxylic acids is 1. The van der Waals surface area contributed by atoms with E-state index in [1.54, 1.807) is 12.1 Å². The Morgan fingerprint density at radius 3 is 2.54 bits per heavy atom. The molecule has 3 aromatic rings. The summed E-state index contributed by atoms with van der Waals surface area (Å²) in [4.78, 5) is 13.3. The topological polar surface area (TPSA) is 75.4 Å². The van der Waals surface area contributed by atoms with Crippen LogP contribution < -0.4 is 5.32 Å². The number of aryl methyl sites for hydroxylation is 1. The zero-order valence-corrected chi connectivity index (χ0v) is 15.5. The van der Waals surface area contributed by atoms with E-state index < -0.39 is 0 Å². The fraction of sp³-hybridized carbons (Fsp3) is 0.217. The van der Waals surface area contributed by atoms with E-state index in [9.17, 15) is 9.90 Å². The summed E-state index contributed by atoms with van der Waals surface area (Å²) in [7, 11) is 0. The van der Waals surface area contributed by atoms with Crippen molar-refractivity contribution in [3.8, 4) is 5.75 Å². The molecule has 5 rings (SSSR count). The second-order valence-corrected chi connectivity index (χ2v) is 7.49. The summed E-state index contributed by atoms with van der Waals surface area (Å²) in [5.74, 6) is 0.914. The minimum atomic E-state index is -0.160. The number of hydrogen-bond acceptors (Lipinski definition) is 5. The molecule has 0 amide bonds. The first kappa shape index (κ1) is 16.8. The Balaban J connectivity index is 1.61. The van der Waals surface area contributed by atoms with Gasteiger partial charge in [0.2, 0.25) is 5.88 Å². The Bertz CT molecular complexity index is 1080. The first-order chi connectivity index (χ1) is 13.6. The first-order valence-electron chi connectivity index (χ1n) is 9.45. The lowest BCUT2D eigenvalue weighted by Crippen LogP contribution is -2.29. The number of benzene rings is 2. The van der Waals surface area contributed by atoms with Crippen molar-refractivity contribution in [1.82, 2.24) is 5.16 Å². The van der Waals surface area contributed by atoms with Gasteiger partial charge in [-0.05, 0) is 42.5 Å². The fourth-order valence-electron chi connectivity index (χ4n) is 4.43. The van der Waals surface area contributed by atoms with Gasteiger partial charge in [-0.25, -0.2) is 0 Å². The van der Waals surface area contributed by atoms with Gasteiger partial charge < -0.3 is 14.9 Å². The maximum absolute atomic E-state index is 13.3. The summed E-state index contributed by atoms with van der Waals surface area (Å²) in [6, 6.07) is 17.2. The Labute approximate surface area is 162 Å². The van der Waals surface area contributed by atoms with Gasteiger partial charge in [0.05, 0.1) is 11.3 Å². The molecule has 0 bridgehead atoms. The third-order valence-corrected chi connectivity index (χ3v) is 5.76. The molecule has 2 N–H and O–H groups in total. The van der Waals surface area contributed by atoms with Crippen LogP contribution in [-0.2, 0) is 4.79 Å². The standard InChI is InChI=1S/C23H20N2O3/c1-13-20-21(15-5-3-2-4-6-15)22-18(24-23(20)28-25-13)11-16(12-19(22)27)14-7-9-17(26)10-8-14/h2-10,16,21,24,26H,11-12H2,1H3/t16-,21+/m1/s1. The maximum atomic E-state index is 13.3. The van der Waals surface area contributed by atoms with Crippen molar-refractivity contribution in [3.05, 3.63) is 88.3 Å². The third kappa shape index (κ3) is 2.62. The van der Waals surface area contributed by atoms with Gasteiger partial charge in [-0.1, -0.05) is 47.6 Å². The zero-order valence-electron chi connectivity index (χ0n) is 15.5. The van der Waals surface area contributed by atoms with Crippen LogP contribution in [-0.4, -0.2) is 16.0 Å². The normalized spacial score (nSPS) is 21.1. The van der Waals surface area contributed by atoms with Gasteiger partial charge in [-0.15, -0.1) is 0 Å². The number of ketones is 1. The molecule has 140 valence electrons. The molecule has 0 spiro atoms. The largest absolute Gasteiger partial charge is 0.508 e. The number of allylic oxidation sites excluding steroid dienone is 2. The molecule has 2 heterocycles. The van der Waals surface area contributed by atoms with Gasteiger partial charge in [-0.3, -0.25) is 4.79 Å². The molecule has 1 aliphatic carbocycles. The van der Waals surface area contributed by atoms with Crippen LogP contribution in [0.1, 0.15) is 47.1 Å². The fourth-order valence-corrected chi connectivity index (χ4v) is 4.43. The van der Waals surface area contributed by atoms with Gasteiger partial charge >= 0.3 is 0 Å². The smallest absolute Gasteiger partial charge is 0.233 e.